The molecule has 0 saturated carbocycles. The second-order valence-corrected chi connectivity index (χ2v) is 10.8. The molecule has 11 heteroatoms. The van der Waals surface area contributed by atoms with Crippen LogP contribution >= 0.6 is 23.1 Å². The molecule has 1 atom stereocenters. The first-order valence-corrected chi connectivity index (χ1v) is 12.0. The molecule has 172 valence electrons. The smallest absolute Gasteiger partial charge is 0.316 e. The second-order valence-electron chi connectivity index (χ2n) is 8.64. The number of carbonyl (C=O) groups is 2. The van der Waals surface area contributed by atoms with Gasteiger partial charge < -0.3 is 14.9 Å². The molecule has 33 heavy (non-hydrogen) atoms. The van der Waals surface area contributed by atoms with Crippen molar-refractivity contribution >= 4 is 40.0 Å². The third kappa shape index (κ3) is 4.28. The first-order valence-electron chi connectivity index (χ1n) is 10.2. The number of Topliss-reactive ketones (excluding diaryl/α,β-unsaturated/α-hetero) is 1. The number of carbonyl (C=O) groups excluding carboxylic acids is 2. The first-order chi connectivity index (χ1) is 15.6. The normalized spacial score (nSPS) is 20.0. The minimum absolute atomic E-state index is 0.0460. The highest BCUT2D eigenvalue weighted by Crippen LogP contribution is 2.50. The van der Waals surface area contributed by atoms with E-state index >= 15 is 0 Å². The van der Waals surface area contributed by atoms with Gasteiger partial charge in [0.05, 0.1) is 30.4 Å². The third-order valence-corrected chi connectivity index (χ3v) is 7.57. The largest absolute Gasteiger partial charge is 0.468 e. The lowest BCUT2D eigenvalue weighted by Crippen LogP contribution is -2.42. The van der Waals surface area contributed by atoms with Gasteiger partial charge in [0.15, 0.2) is 10.1 Å². The van der Waals surface area contributed by atoms with Gasteiger partial charge in [0.25, 0.3) is 0 Å². The number of allylic oxidation sites excluding steroid dienone is 3. The number of aryl methyl sites for hydroxylation is 1. The van der Waals surface area contributed by atoms with E-state index in [0.29, 0.717) is 45.1 Å². The molecule has 2 aliphatic rings. The van der Waals surface area contributed by atoms with Gasteiger partial charge in [0, 0.05) is 17.7 Å². The number of furan rings is 1. The Bertz CT molecular complexity index is 1230. The molecule has 0 amide bonds. The molecule has 2 aromatic rings. The van der Waals surface area contributed by atoms with Crippen LogP contribution in [0.3, 0.4) is 0 Å². The fourth-order valence-electron chi connectivity index (χ4n) is 4.15. The Morgan fingerprint density at radius 2 is 2.18 bits per heavy atom. The Kier molecular flexibility index (Phi) is 6.07. The van der Waals surface area contributed by atoms with Gasteiger partial charge in [-0.15, -0.1) is 10.2 Å². The standard InChI is InChI=1S/C22H23N5O4S2/c1-11-5-6-15(31-11)17-12(9-23)19(24)27(13-7-22(2,3)8-14(28)18(13)17)20-25-26-21(33-20)32-10-16(29)30-4/h5-6,17H,7-8,10,24H2,1-4H3. The number of nitrogens with zero attached hydrogens (tertiary/aromatic N) is 4. The zero-order valence-electron chi connectivity index (χ0n) is 18.7. The predicted octanol–water partition coefficient (Wildman–Crippen LogP) is 3.65. The molecular weight excluding hydrogens is 462 g/mol. The maximum absolute atomic E-state index is 13.4. The Morgan fingerprint density at radius 3 is 2.82 bits per heavy atom. The van der Waals surface area contributed by atoms with E-state index in [1.165, 1.54) is 30.2 Å². The molecule has 0 bridgehead atoms. The zero-order valence-corrected chi connectivity index (χ0v) is 20.3. The number of nitrogens with two attached hydrogens (primary N) is 1. The van der Waals surface area contributed by atoms with Crippen molar-refractivity contribution in [2.45, 2.75) is 43.9 Å². The van der Waals surface area contributed by atoms with Gasteiger partial charge >= 0.3 is 5.97 Å². The number of ketones is 1. The van der Waals surface area contributed by atoms with Gasteiger partial charge in [0.2, 0.25) is 5.13 Å². The highest BCUT2D eigenvalue weighted by molar-refractivity contribution is 8.01. The molecule has 2 N–H and O–H groups in total. The van der Waals surface area contributed by atoms with Crippen molar-refractivity contribution in [3.05, 3.63) is 46.3 Å². The Balaban J connectivity index is 1.84. The highest BCUT2D eigenvalue weighted by atomic mass is 32.2. The van der Waals surface area contributed by atoms with Gasteiger partial charge in [-0.2, -0.15) is 5.26 Å². The van der Waals surface area contributed by atoms with Crippen molar-refractivity contribution < 1.29 is 18.7 Å². The van der Waals surface area contributed by atoms with Crippen molar-refractivity contribution in [1.82, 2.24) is 10.2 Å². The van der Waals surface area contributed by atoms with E-state index in [1.54, 1.807) is 17.0 Å². The summed E-state index contributed by atoms with van der Waals surface area (Å²) >= 11 is 2.43. The molecule has 1 aliphatic heterocycles. The minimum Gasteiger partial charge on any atom is -0.468 e. The molecular formula is C22H23N5O4S2. The summed E-state index contributed by atoms with van der Waals surface area (Å²) in [4.78, 5) is 26.6. The van der Waals surface area contributed by atoms with E-state index < -0.39 is 5.92 Å². The average molecular weight is 486 g/mol. The number of anilines is 1. The van der Waals surface area contributed by atoms with Crippen LogP contribution in [0.1, 0.15) is 44.1 Å². The number of aromatic nitrogens is 2. The number of ether oxygens (including phenoxy) is 1. The summed E-state index contributed by atoms with van der Waals surface area (Å²) in [5.74, 6) is 0.405. The number of esters is 1. The van der Waals surface area contributed by atoms with Crippen LogP contribution in [0, 0.1) is 23.7 Å². The van der Waals surface area contributed by atoms with Crippen molar-refractivity contribution in [1.29, 1.82) is 5.26 Å². The number of hydrogen-bond acceptors (Lipinski definition) is 11. The van der Waals surface area contributed by atoms with Gasteiger partial charge in [-0.3, -0.25) is 14.5 Å². The van der Waals surface area contributed by atoms with E-state index in [9.17, 15) is 14.9 Å². The van der Waals surface area contributed by atoms with Crippen LogP contribution in [0.25, 0.3) is 0 Å². The molecule has 9 nitrogen and oxygen atoms in total. The molecule has 1 unspecified atom stereocenters. The first kappa shape index (κ1) is 23.1. The maximum atomic E-state index is 13.4. The van der Waals surface area contributed by atoms with E-state index in [1.807, 2.05) is 20.8 Å². The van der Waals surface area contributed by atoms with Crippen molar-refractivity contribution in [2.24, 2.45) is 11.1 Å². The number of methoxy groups -OCH3 is 1. The van der Waals surface area contributed by atoms with E-state index in [4.69, 9.17) is 10.2 Å². The van der Waals surface area contributed by atoms with Crippen LogP contribution in [0.5, 0.6) is 0 Å². The number of nitriles is 1. The average Bonchev–Trinajstić information content (AvgIpc) is 3.39. The summed E-state index contributed by atoms with van der Waals surface area (Å²) in [5.41, 5.74) is 7.69. The number of hydrogen-bond donors (Lipinski definition) is 1. The molecule has 0 spiro atoms. The van der Waals surface area contributed by atoms with Crippen molar-refractivity contribution in [3.8, 4) is 6.07 Å². The predicted molar refractivity (Wildman–Crippen MR) is 123 cm³/mol. The summed E-state index contributed by atoms with van der Waals surface area (Å²) in [6, 6.07) is 5.78. The lowest BCUT2D eigenvalue weighted by atomic mass is 9.69. The molecule has 3 heterocycles. The molecule has 0 aromatic carbocycles. The van der Waals surface area contributed by atoms with Crippen LogP contribution < -0.4 is 10.6 Å². The maximum Gasteiger partial charge on any atom is 0.316 e. The Labute approximate surface area is 199 Å². The molecule has 0 radical (unpaired) electrons. The zero-order chi connectivity index (χ0) is 23.9. The Morgan fingerprint density at radius 1 is 1.42 bits per heavy atom. The molecule has 4 rings (SSSR count). The van der Waals surface area contributed by atoms with E-state index in [0.717, 1.165) is 0 Å². The molecule has 0 fully saturated rings. The topological polar surface area (TPSA) is 135 Å². The number of rotatable bonds is 5. The van der Waals surface area contributed by atoms with Crippen LogP contribution in [0.2, 0.25) is 0 Å². The SMILES string of the molecule is COC(=O)CSc1nnc(N2C(N)=C(C#N)C(c3ccc(C)o3)C3=C2CC(C)(C)CC3=O)s1. The quantitative estimate of drug-likeness (QED) is 0.494. The fraction of sp³-hybridized carbons (Fsp3) is 0.409. The minimum atomic E-state index is -0.667. The second kappa shape index (κ2) is 8.68. The van der Waals surface area contributed by atoms with Crippen LogP contribution in [0.15, 0.2) is 43.6 Å². The molecule has 0 saturated heterocycles. The van der Waals surface area contributed by atoms with Gasteiger partial charge in [-0.1, -0.05) is 36.9 Å². The monoisotopic (exact) mass is 485 g/mol. The van der Waals surface area contributed by atoms with Crippen LogP contribution in [-0.2, 0) is 14.3 Å². The lowest BCUT2D eigenvalue weighted by molar-refractivity contribution is -0.137. The van der Waals surface area contributed by atoms with Crippen molar-refractivity contribution in [2.75, 3.05) is 17.8 Å². The van der Waals surface area contributed by atoms with E-state index in [2.05, 4.69) is 21.0 Å². The Hall–Kier alpha value is -3.10. The fourth-order valence-corrected chi connectivity index (χ4v) is 5.86. The van der Waals surface area contributed by atoms with Crippen LogP contribution in [0.4, 0.5) is 5.13 Å². The summed E-state index contributed by atoms with van der Waals surface area (Å²) in [5, 5.41) is 18.9. The van der Waals surface area contributed by atoms with Gasteiger partial charge in [-0.05, 0) is 30.9 Å². The van der Waals surface area contributed by atoms with Gasteiger partial charge in [-0.25, -0.2) is 0 Å². The molecule has 2 aromatic heterocycles. The number of thioether (sulfide) groups is 1. The van der Waals surface area contributed by atoms with Gasteiger partial charge in [0.1, 0.15) is 17.3 Å². The van der Waals surface area contributed by atoms with Crippen molar-refractivity contribution in [3.63, 3.8) is 0 Å². The third-order valence-electron chi connectivity index (χ3n) is 5.55. The summed E-state index contributed by atoms with van der Waals surface area (Å²) in [6.45, 7) is 5.86. The van der Waals surface area contributed by atoms with Crippen LogP contribution in [-0.4, -0.2) is 34.8 Å². The summed E-state index contributed by atoms with van der Waals surface area (Å²) in [7, 11) is 1.32. The highest BCUT2D eigenvalue weighted by Gasteiger charge is 2.46. The van der Waals surface area contributed by atoms with E-state index in [-0.39, 0.29) is 34.3 Å². The summed E-state index contributed by atoms with van der Waals surface area (Å²) in [6.07, 6.45) is 0.915. The lowest BCUT2D eigenvalue weighted by Gasteiger charge is -2.42. The molecule has 1 aliphatic carbocycles. The summed E-state index contributed by atoms with van der Waals surface area (Å²) < 4.78 is 11.1.